The van der Waals surface area contributed by atoms with Crippen LogP contribution in [0.4, 0.5) is 0 Å². The van der Waals surface area contributed by atoms with Gasteiger partial charge in [0.05, 0.1) is 6.54 Å². The van der Waals surface area contributed by atoms with Gasteiger partial charge in [-0.05, 0) is 30.2 Å². The lowest BCUT2D eigenvalue weighted by atomic mass is 9.75. The molecule has 0 saturated carbocycles. The molecule has 116 valence electrons. The molecule has 1 aliphatic carbocycles. The van der Waals surface area contributed by atoms with Gasteiger partial charge in [0.15, 0.2) is 0 Å². The quantitative estimate of drug-likeness (QED) is 0.782. The summed E-state index contributed by atoms with van der Waals surface area (Å²) < 4.78 is 0. The number of aliphatic hydroxyl groups excluding tert-OH is 1. The van der Waals surface area contributed by atoms with Crippen LogP contribution in [0.3, 0.4) is 0 Å². The molecular weight excluding hydrogens is 296 g/mol. The van der Waals surface area contributed by atoms with Crippen LogP contribution >= 0.6 is 11.6 Å². The molecule has 4 atom stereocenters. The molecule has 22 heavy (non-hydrogen) atoms. The van der Waals surface area contributed by atoms with Gasteiger partial charge in [0.2, 0.25) is 0 Å². The van der Waals surface area contributed by atoms with E-state index in [1.54, 1.807) is 0 Å². The van der Waals surface area contributed by atoms with Crippen LogP contribution in [-0.2, 0) is 0 Å². The maximum atomic E-state index is 10.4. The second kappa shape index (κ2) is 6.29. The lowest BCUT2D eigenvalue weighted by Crippen LogP contribution is -2.32. The summed E-state index contributed by atoms with van der Waals surface area (Å²) in [5.41, 5.74) is 8.21. The Hall–Kier alpha value is -1.55. The minimum absolute atomic E-state index is 0.112. The van der Waals surface area contributed by atoms with Gasteiger partial charge >= 0.3 is 0 Å². The zero-order valence-corrected chi connectivity index (χ0v) is 13.3. The SMILES string of the molecule is CC(N)C1=C(O)CNC(c2ccc(Cl)cc2)C2C=CC=CC12. The molecule has 1 heterocycles. The molecule has 4 N–H and O–H groups in total. The normalized spacial score (nSPS) is 29.1. The van der Waals surface area contributed by atoms with Crippen LogP contribution < -0.4 is 11.1 Å². The van der Waals surface area contributed by atoms with E-state index in [4.69, 9.17) is 17.3 Å². The van der Waals surface area contributed by atoms with E-state index in [0.717, 1.165) is 16.2 Å². The molecular formula is C18H21ClN2O. The number of hydrogen-bond donors (Lipinski definition) is 3. The lowest BCUT2D eigenvalue weighted by Gasteiger charge is -2.32. The number of nitrogens with two attached hydrogens (primary N) is 1. The van der Waals surface area contributed by atoms with Crippen molar-refractivity contribution in [2.75, 3.05) is 6.54 Å². The van der Waals surface area contributed by atoms with E-state index in [1.807, 2.05) is 37.3 Å². The van der Waals surface area contributed by atoms with E-state index in [1.165, 1.54) is 0 Å². The van der Waals surface area contributed by atoms with Crippen molar-refractivity contribution in [1.82, 2.24) is 5.32 Å². The van der Waals surface area contributed by atoms with E-state index < -0.39 is 0 Å². The van der Waals surface area contributed by atoms with E-state index >= 15 is 0 Å². The third-order valence-electron chi connectivity index (χ3n) is 4.46. The average molecular weight is 317 g/mol. The molecule has 0 bridgehead atoms. The van der Waals surface area contributed by atoms with E-state index in [9.17, 15) is 5.11 Å². The molecule has 1 aromatic carbocycles. The molecule has 0 amide bonds. The second-order valence-electron chi connectivity index (χ2n) is 5.97. The molecule has 0 radical (unpaired) electrons. The predicted octanol–water partition coefficient (Wildman–Crippen LogP) is 3.50. The Bertz CT molecular complexity index is 631. The number of benzene rings is 1. The Morgan fingerprint density at radius 3 is 2.59 bits per heavy atom. The molecule has 2 aliphatic rings. The number of fused-ring (bicyclic) bond motifs is 1. The molecule has 0 saturated heterocycles. The van der Waals surface area contributed by atoms with Gasteiger partial charge < -0.3 is 16.2 Å². The maximum Gasteiger partial charge on any atom is 0.107 e. The van der Waals surface area contributed by atoms with Crippen molar-refractivity contribution in [2.24, 2.45) is 17.6 Å². The van der Waals surface area contributed by atoms with Crippen molar-refractivity contribution in [3.8, 4) is 0 Å². The molecule has 3 rings (SSSR count). The third kappa shape index (κ3) is 2.84. The molecule has 4 unspecified atom stereocenters. The smallest absolute Gasteiger partial charge is 0.107 e. The van der Waals surface area contributed by atoms with Crippen LogP contribution in [0.5, 0.6) is 0 Å². The third-order valence-corrected chi connectivity index (χ3v) is 4.72. The van der Waals surface area contributed by atoms with Crippen LogP contribution in [0, 0.1) is 11.8 Å². The van der Waals surface area contributed by atoms with Crippen LogP contribution in [0.25, 0.3) is 0 Å². The minimum atomic E-state index is -0.172. The zero-order chi connectivity index (χ0) is 15.7. The summed E-state index contributed by atoms with van der Waals surface area (Å²) in [5, 5.41) is 14.6. The van der Waals surface area contributed by atoms with Crippen molar-refractivity contribution < 1.29 is 5.11 Å². The topological polar surface area (TPSA) is 58.3 Å². The molecule has 3 nitrogen and oxygen atoms in total. The van der Waals surface area contributed by atoms with Gasteiger partial charge in [-0.25, -0.2) is 0 Å². The van der Waals surface area contributed by atoms with Crippen molar-refractivity contribution in [3.05, 3.63) is 70.5 Å². The average Bonchev–Trinajstić information content (AvgIpc) is 2.64. The van der Waals surface area contributed by atoms with Crippen LogP contribution in [-0.4, -0.2) is 17.7 Å². The number of allylic oxidation sites excluding steroid dienone is 3. The standard InChI is InChI=1S/C18H21ClN2O/c1-11(20)17-14-4-2-3-5-15(14)18(21-10-16(17)22)12-6-8-13(19)9-7-12/h2-9,11,14-15,18,21-22H,10,20H2,1H3. The van der Waals surface area contributed by atoms with Gasteiger partial charge in [-0.1, -0.05) is 48.0 Å². The van der Waals surface area contributed by atoms with Crippen molar-refractivity contribution >= 4 is 11.6 Å². The molecule has 0 fully saturated rings. The van der Waals surface area contributed by atoms with Gasteiger partial charge in [-0.15, -0.1) is 0 Å². The highest BCUT2D eigenvalue weighted by atomic mass is 35.5. The van der Waals surface area contributed by atoms with Gasteiger partial charge in [-0.3, -0.25) is 0 Å². The largest absolute Gasteiger partial charge is 0.511 e. The second-order valence-corrected chi connectivity index (χ2v) is 6.41. The monoisotopic (exact) mass is 316 g/mol. The summed E-state index contributed by atoms with van der Waals surface area (Å²) in [7, 11) is 0. The van der Waals surface area contributed by atoms with Gasteiger partial charge in [-0.2, -0.15) is 0 Å². The molecule has 0 spiro atoms. The highest BCUT2D eigenvalue weighted by Gasteiger charge is 2.35. The first-order chi connectivity index (χ1) is 10.6. The fourth-order valence-corrected chi connectivity index (χ4v) is 3.59. The van der Waals surface area contributed by atoms with Crippen molar-refractivity contribution in [1.29, 1.82) is 0 Å². The first-order valence-corrected chi connectivity index (χ1v) is 7.97. The van der Waals surface area contributed by atoms with Crippen molar-refractivity contribution in [2.45, 2.75) is 19.0 Å². The Morgan fingerprint density at radius 1 is 1.23 bits per heavy atom. The number of aliphatic hydroxyl groups is 1. The zero-order valence-electron chi connectivity index (χ0n) is 12.5. The number of rotatable bonds is 2. The fourth-order valence-electron chi connectivity index (χ4n) is 3.47. The predicted molar refractivity (Wildman–Crippen MR) is 90.8 cm³/mol. The first kappa shape index (κ1) is 15.3. The Morgan fingerprint density at radius 2 is 1.91 bits per heavy atom. The van der Waals surface area contributed by atoms with Crippen molar-refractivity contribution in [3.63, 3.8) is 0 Å². The Labute approximate surface area is 136 Å². The Kier molecular flexibility index (Phi) is 4.39. The minimum Gasteiger partial charge on any atom is -0.511 e. The fraction of sp³-hybridized carbons (Fsp3) is 0.333. The summed E-state index contributed by atoms with van der Waals surface area (Å²) >= 11 is 6.00. The van der Waals surface area contributed by atoms with E-state index in [2.05, 4.69) is 23.5 Å². The maximum absolute atomic E-state index is 10.4. The number of hydrogen-bond acceptors (Lipinski definition) is 3. The van der Waals surface area contributed by atoms with Crippen LogP contribution in [0.1, 0.15) is 18.5 Å². The van der Waals surface area contributed by atoms with Gasteiger partial charge in [0.25, 0.3) is 0 Å². The molecule has 4 heteroatoms. The Balaban J connectivity index is 2.00. The van der Waals surface area contributed by atoms with Crippen LogP contribution in [0.2, 0.25) is 5.02 Å². The van der Waals surface area contributed by atoms with E-state index in [0.29, 0.717) is 12.3 Å². The lowest BCUT2D eigenvalue weighted by molar-refractivity contribution is 0.370. The van der Waals surface area contributed by atoms with Crippen LogP contribution in [0.15, 0.2) is 59.9 Å². The molecule has 1 aliphatic heterocycles. The first-order valence-electron chi connectivity index (χ1n) is 7.59. The number of nitrogens with one attached hydrogen (secondary N) is 1. The summed E-state index contributed by atoms with van der Waals surface area (Å²) in [4.78, 5) is 0. The molecule has 1 aromatic rings. The van der Waals surface area contributed by atoms with Gasteiger partial charge in [0, 0.05) is 28.9 Å². The molecule has 0 aromatic heterocycles. The summed E-state index contributed by atoms with van der Waals surface area (Å²) in [6.07, 6.45) is 8.42. The number of halogens is 1. The van der Waals surface area contributed by atoms with Gasteiger partial charge in [0.1, 0.15) is 5.76 Å². The summed E-state index contributed by atoms with van der Waals surface area (Å²) in [6.45, 7) is 2.36. The summed E-state index contributed by atoms with van der Waals surface area (Å²) in [6, 6.07) is 7.83. The highest BCUT2D eigenvalue weighted by Crippen LogP contribution is 2.40. The summed E-state index contributed by atoms with van der Waals surface area (Å²) in [5.74, 6) is 0.693. The highest BCUT2D eigenvalue weighted by molar-refractivity contribution is 6.30. The van der Waals surface area contributed by atoms with E-state index in [-0.39, 0.29) is 23.9 Å².